The first-order chi connectivity index (χ1) is 13.5. The molecule has 0 saturated heterocycles. The van der Waals surface area contributed by atoms with Gasteiger partial charge in [0, 0.05) is 16.0 Å². The number of benzene rings is 2. The zero-order valence-corrected chi connectivity index (χ0v) is 17.1. The SMILES string of the molecule is Cc1sc2nc(SC(C)C(=O)c3ccccc3)[nH]c(=O)c2c1-c1ccccc1. The van der Waals surface area contributed by atoms with Gasteiger partial charge in [0.1, 0.15) is 4.83 Å². The second kappa shape index (κ2) is 7.73. The van der Waals surface area contributed by atoms with E-state index < -0.39 is 0 Å². The van der Waals surface area contributed by atoms with Crippen LogP contribution in [0, 0.1) is 6.92 Å². The number of ketones is 1. The molecule has 0 aliphatic heterocycles. The Morgan fingerprint density at radius 3 is 2.39 bits per heavy atom. The van der Waals surface area contributed by atoms with Crippen molar-refractivity contribution in [3.63, 3.8) is 0 Å². The van der Waals surface area contributed by atoms with Crippen molar-refractivity contribution >= 4 is 39.1 Å². The highest BCUT2D eigenvalue weighted by Crippen LogP contribution is 2.36. The average molecular weight is 407 g/mol. The summed E-state index contributed by atoms with van der Waals surface area (Å²) in [6.45, 7) is 3.84. The van der Waals surface area contributed by atoms with Gasteiger partial charge in [0.05, 0.1) is 10.6 Å². The zero-order chi connectivity index (χ0) is 19.7. The monoisotopic (exact) mass is 406 g/mol. The van der Waals surface area contributed by atoms with Crippen LogP contribution in [0.2, 0.25) is 0 Å². The number of thioether (sulfide) groups is 1. The highest BCUT2D eigenvalue weighted by Gasteiger charge is 2.20. The Kier molecular flexibility index (Phi) is 5.15. The number of nitrogens with zero attached hydrogens (tertiary/aromatic N) is 1. The number of fused-ring (bicyclic) bond motifs is 1. The number of hydrogen-bond donors (Lipinski definition) is 1. The summed E-state index contributed by atoms with van der Waals surface area (Å²) < 4.78 is 0. The second-order valence-corrected chi connectivity index (χ2v) is 8.97. The molecule has 2 aromatic carbocycles. The topological polar surface area (TPSA) is 62.8 Å². The van der Waals surface area contributed by atoms with Crippen LogP contribution in [0.15, 0.2) is 70.6 Å². The Hall–Kier alpha value is -2.70. The molecule has 4 nitrogen and oxygen atoms in total. The number of thiophene rings is 1. The predicted octanol–water partition coefficient (Wildman–Crippen LogP) is 5.32. The molecule has 2 heterocycles. The van der Waals surface area contributed by atoms with E-state index in [1.807, 2.05) is 62.4 Å². The molecule has 0 aliphatic rings. The summed E-state index contributed by atoms with van der Waals surface area (Å²) in [5.74, 6) is 0.0145. The van der Waals surface area contributed by atoms with Crippen LogP contribution in [0.5, 0.6) is 0 Å². The third-order valence-corrected chi connectivity index (χ3v) is 6.48. The van der Waals surface area contributed by atoms with E-state index in [0.29, 0.717) is 20.9 Å². The normalized spacial score (nSPS) is 12.2. The van der Waals surface area contributed by atoms with E-state index in [9.17, 15) is 9.59 Å². The average Bonchev–Trinajstić information content (AvgIpc) is 3.05. The van der Waals surface area contributed by atoms with Gasteiger partial charge in [-0.25, -0.2) is 4.98 Å². The van der Waals surface area contributed by atoms with Crippen LogP contribution in [0.1, 0.15) is 22.2 Å². The van der Waals surface area contributed by atoms with E-state index in [1.165, 1.54) is 23.1 Å². The van der Waals surface area contributed by atoms with E-state index in [0.717, 1.165) is 16.0 Å². The molecule has 0 saturated carbocycles. The van der Waals surface area contributed by atoms with Crippen molar-refractivity contribution < 1.29 is 4.79 Å². The first-order valence-electron chi connectivity index (χ1n) is 8.89. The summed E-state index contributed by atoms with van der Waals surface area (Å²) in [4.78, 5) is 34.7. The van der Waals surface area contributed by atoms with Gasteiger partial charge in [0.2, 0.25) is 0 Å². The van der Waals surface area contributed by atoms with Crippen molar-refractivity contribution in [2.45, 2.75) is 24.3 Å². The fourth-order valence-corrected chi connectivity index (χ4v) is 5.14. The van der Waals surface area contributed by atoms with Gasteiger partial charge in [0.15, 0.2) is 10.9 Å². The standard InChI is InChI=1S/C22H18N2O2S2/c1-13-17(15-9-5-3-6-10-15)18-20(26)23-22(24-21(18)27-13)28-14(2)19(25)16-11-7-4-8-12-16/h3-12,14H,1-2H3,(H,23,24,26). The van der Waals surface area contributed by atoms with Gasteiger partial charge in [-0.3, -0.25) is 9.59 Å². The molecule has 0 spiro atoms. The smallest absolute Gasteiger partial charge is 0.260 e. The van der Waals surface area contributed by atoms with Gasteiger partial charge < -0.3 is 4.98 Å². The van der Waals surface area contributed by atoms with E-state index in [2.05, 4.69) is 9.97 Å². The van der Waals surface area contributed by atoms with Gasteiger partial charge in [-0.05, 0) is 19.4 Å². The van der Waals surface area contributed by atoms with E-state index >= 15 is 0 Å². The summed E-state index contributed by atoms with van der Waals surface area (Å²) in [7, 11) is 0. The minimum atomic E-state index is -0.349. The number of aromatic nitrogens is 2. The minimum absolute atomic E-state index is 0.0145. The predicted molar refractivity (Wildman–Crippen MR) is 117 cm³/mol. The Balaban J connectivity index is 1.69. The summed E-state index contributed by atoms with van der Waals surface area (Å²) in [6.07, 6.45) is 0. The number of carbonyl (C=O) groups is 1. The van der Waals surface area contributed by atoms with Gasteiger partial charge in [-0.1, -0.05) is 72.4 Å². The molecule has 6 heteroatoms. The van der Waals surface area contributed by atoms with E-state index in [1.54, 1.807) is 12.1 Å². The largest absolute Gasteiger partial charge is 0.301 e. The first-order valence-corrected chi connectivity index (χ1v) is 10.6. The van der Waals surface area contributed by atoms with Gasteiger partial charge >= 0.3 is 0 Å². The highest BCUT2D eigenvalue weighted by molar-refractivity contribution is 8.00. The number of H-pyrrole nitrogens is 1. The van der Waals surface area contributed by atoms with Crippen molar-refractivity contribution in [1.82, 2.24) is 9.97 Å². The number of rotatable bonds is 5. The number of aryl methyl sites for hydroxylation is 1. The van der Waals surface area contributed by atoms with Crippen molar-refractivity contribution in [3.8, 4) is 11.1 Å². The molecule has 28 heavy (non-hydrogen) atoms. The van der Waals surface area contributed by atoms with Gasteiger partial charge in [0.25, 0.3) is 5.56 Å². The quantitative estimate of drug-likeness (QED) is 0.277. The Labute approximate surface area is 170 Å². The molecule has 140 valence electrons. The fourth-order valence-electron chi connectivity index (χ4n) is 3.17. The summed E-state index contributed by atoms with van der Waals surface area (Å²) in [5.41, 5.74) is 2.42. The zero-order valence-electron chi connectivity index (χ0n) is 15.4. The molecule has 0 bridgehead atoms. The molecular formula is C22H18N2O2S2. The summed E-state index contributed by atoms with van der Waals surface area (Å²) >= 11 is 2.78. The maximum atomic E-state index is 12.8. The lowest BCUT2D eigenvalue weighted by molar-refractivity contribution is 0.0994. The summed E-state index contributed by atoms with van der Waals surface area (Å²) in [5, 5.41) is 0.730. The molecule has 0 aliphatic carbocycles. The van der Waals surface area contributed by atoms with Crippen LogP contribution >= 0.6 is 23.1 Å². The molecule has 0 radical (unpaired) electrons. The van der Waals surface area contributed by atoms with Crippen molar-refractivity contribution in [1.29, 1.82) is 0 Å². The molecule has 2 aromatic heterocycles. The van der Waals surface area contributed by atoms with Gasteiger partial charge in [-0.2, -0.15) is 0 Å². The van der Waals surface area contributed by atoms with Crippen LogP contribution in [-0.4, -0.2) is 21.0 Å². The Morgan fingerprint density at radius 2 is 1.71 bits per heavy atom. The molecule has 1 unspecified atom stereocenters. The second-order valence-electron chi connectivity index (χ2n) is 6.44. The maximum absolute atomic E-state index is 12.8. The first kappa shape index (κ1) is 18.7. The molecule has 1 atom stereocenters. The molecule has 1 N–H and O–H groups in total. The maximum Gasteiger partial charge on any atom is 0.260 e. The molecule has 0 fully saturated rings. The number of nitrogens with one attached hydrogen (secondary N) is 1. The van der Waals surface area contributed by atoms with Crippen LogP contribution in [0.4, 0.5) is 0 Å². The lowest BCUT2D eigenvalue weighted by Crippen LogP contribution is -2.16. The van der Waals surface area contributed by atoms with Crippen LogP contribution in [-0.2, 0) is 0 Å². The molecular weight excluding hydrogens is 388 g/mol. The Morgan fingerprint density at radius 1 is 1.07 bits per heavy atom. The highest BCUT2D eigenvalue weighted by atomic mass is 32.2. The number of hydrogen-bond acceptors (Lipinski definition) is 5. The van der Waals surface area contributed by atoms with Crippen molar-refractivity contribution in [2.75, 3.05) is 0 Å². The number of aromatic amines is 1. The lowest BCUT2D eigenvalue weighted by Gasteiger charge is -2.09. The minimum Gasteiger partial charge on any atom is -0.301 e. The third-order valence-electron chi connectivity index (χ3n) is 4.49. The van der Waals surface area contributed by atoms with Gasteiger partial charge in [-0.15, -0.1) is 11.3 Å². The number of Topliss-reactive ketones (excluding diaryl/α,β-unsaturated/α-hetero) is 1. The van der Waals surface area contributed by atoms with E-state index in [-0.39, 0.29) is 16.6 Å². The molecule has 4 aromatic rings. The number of carbonyl (C=O) groups excluding carboxylic acids is 1. The molecule has 0 amide bonds. The van der Waals surface area contributed by atoms with Crippen LogP contribution in [0.25, 0.3) is 21.3 Å². The van der Waals surface area contributed by atoms with Crippen LogP contribution in [0.3, 0.4) is 0 Å². The van der Waals surface area contributed by atoms with E-state index in [4.69, 9.17) is 0 Å². The van der Waals surface area contributed by atoms with Crippen molar-refractivity contribution in [3.05, 3.63) is 81.5 Å². The van der Waals surface area contributed by atoms with Crippen molar-refractivity contribution in [2.24, 2.45) is 0 Å². The third kappa shape index (κ3) is 3.53. The molecule has 4 rings (SSSR count). The fraction of sp³-hybridized carbons (Fsp3) is 0.136. The lowest BCUT2D eigenvalue weighted by atomic mass is 10.0. The summed E-state index contributed by atoms with van der Waals surface area (Å²) in [6, 6.07) is 19.0. The Bertz CT molecular complexity index is 1200. The van der Waals surface area contributed by atoms with Crippen LogP contribution < -0.4 is 5.56 Å².